The summed E-state index contributed by atoms with van der Waals surface area (Å²) in [4.78, 5) is 0. The molecule has 0 aliphatic heterocycles. The molecular formula is C74H46O. The Labute approximate surface area is 445 Å². The normalized spacial score (nSPS) is 13.2. The highest BCUT2D eigenvalue weighted by Crippen LogP contribution is 2.49. The number of fused-ring (bicyclic) bond motifs is 12. The maximum atomic E-state index is 9.13. The quantitative estimate of drug-likeness (QED) is 0.160. The van der Waals surface area contributed by atoms with Crippen LogP contribution in [0.2, 0.25) is 0 Å². The number of rotatable bonds is 4. The number of hydrogen-bond donors (Lipinski definition) is 0. The van der Waals surface area contributed by atoms with E-state index in [4.69, 9.17) is 15.4 Å². The van der Waals surface area contributed by atoms with Crippen molar-refractivity contribution in [3.05, 3.63) is 279 Å². The first-order chi connectivity index (χ1) is 40.5. The van der Waals surface area contributed by atoms with Crippen LogP contribution in [0.5, 0.6) is 0 Å². The minimum atomic E-state index is -0.404. The van der Waals surface area contributed by atoms with Crippen molar-refractivity contribution in [2.45, 2.75) is 0 Å². The van der Waals surface area contributed by atoms with E-state index in [0.29, 0.717) is 22.3 Å². The monoisotopic (exact) mass is 958 g/mol. The maximum absolute atomic E-state index is 9.13. The molecule has 1 aromatic heterocycles. The summed E-state index contributed by atoms with van der Waals surface area (Å²) < 4.78 is 77.5. The van der Waals surface area contributed by atoms with Gasteiger partial charge >= 0.3 is 0 Å². The molecule has 0 saturated heterocycles. The number of benzene rings is 15. The van der Waals surface area contributed by atoms with Gasteiger partial charge in [0.25, 0.3) is 0 Å². The lowest BCUT2D eigenvalue weighted by Gasteiger charge is -2.19. The van der Waals surface area contributed by atoms with Gasteiger partial charge in [0.05, 0.1) is 11.0 Å². The summed E-state index contributed by atoms with van der Waals surface area (Å²) in [6.45, 7) is 0. The lowest BCUT2D eigenvalue weighted by atomic mass is 9.84. The van der Waals surface area contributed by atoms with Crippen molar-refractivity contribution in [3.8, 4) is 44.5 Å². The molecule has 0 atom stereocenters. The summed E-state index contributed by atoms with van der Waals surface area (Å²) in [5, 5.41) is 16.6. The molecule has 0 radical (unpaired) electrons. The van der Waals surface area contributed by atoms with E-state index in [9.17, 15) is 0 Å². The molecule has 0 fully saturated rings. The van der Waals surface area contributed by atoms with Crippen LogP contribution in [0.1, 0.15) is 11.0 Å². The Hall–Kier alpha value is -9.82. The van der Waals surface area contributed by atoms with Crippen LogP contribution in [0.4, 0.5) is 0 Å². The minimum Gasteiger partial charge on any atom is -0.455 e. The lowest BCUT2D eigenvalue weighted by Crippen LogP contribution is -1.91. The van der Waals surface area contributed by atoms with E-state index in [-0.39, 0.29) is 45.7 Å². The van der Waals surface area contributed by atoms with E-state index < -0.39 is 24.2 Å². The average Bonchev–Trinajstić information content (AvgIpc) is 4.21. The Bertz CT molecular complexity index is 5310. The van der Waals surface area contributed by atoms with Crippen molar-refractivity contribution in [2.75, 3.05) is 0 Å². The molecule has 15 aromatic carbocycles. The first-order valence-corrected chi connectivity index (χ1v) is 25.2. The molecule has 0 unspecified atom stereocenters. The zero-order valence-electron chi connectivity index (χ0n) is 48.3. The zero-order chi connectivity index (χ0) is 56.4. The first-order valence-electron chi connectivity index (χ1n) is 29.2. The van der Waals surface area contributed by atoms with Gasteiger partial charge in [0, 0.05) is 16.2 Å². The van der Waals surface area contributed by atoms with Crippen molar-refractivity contribution in [1.29, 1.82) is 0 Å². The van der Waals surface area contributed by atoms with Gasteiger partial charge in [-0.2, -0.15) is 0 Å². The molecule has 75 heavy (non-hydrogen) atoms. The third-order valence-corrected chi connectivity index (χ3v) is 15.1. The first kappa shape index (κ1) is 35.3. The molecule has 0 saturated carbocycles. The van der Waals surface area contributed by atoms with Gasteiger partial charge in [-0.15, -0.1) is 0 Å². The molecule has 16 aromatic rings. The third kappa shape index (κ3) is 6.93. The SMILES string of the molecule is [2H]c1c([2H])c([2H])c2c(-c3cccc4ccccc34)c3c([2H])c([2H])c([2H])c([2H])c3c(-c3ccc4ccccc4c3)c2c1[2H].c1ccc2cc(-c3c4ccccc4c(-c4cccc5oc6c7ccccc7ccc6c45)c4ccccc34)ccc2c1. The molecule has 1 nitrogen and oxygen atoms in total. The second-order valence-corrected chi connectivity index (χ2v) is 19.2. The second kappa shape index (κ2) is 17.4. The largest absolute Gasteiger partial charge is 0.455 e. The van der Waals surface area contributed by atoms with Gasteiger partial charge in [0.2, 0.25) is 0 Å². The fourth-order valence-electron chi connectivity index (χ4n) is 11.8. The van der Waals surface area contributed by atoms with Crippen LogP contribution in [-0.4, -0.2) is 0 Å². The summed E-state index contributed by atoms with van der Waals surface area (Å²) in [5.41, 5.74) is 8.78. The van der Waals surface area contributed by atoms with Gasteiger partial charge in [-0.25, -0.2) is 0 Å². The van der Waals surface area contributed by atoms with Crippen LogP contribution in [-0.2, 0) is 0 Å². The van der Waals surface area contributed by atoms with Crippen LogP contribution < -0.4 is 0 Å². The maximum Gasteiger partial charge on any atom is 0.143 e. The summed E-state index contributed by atoms with van der Waals surface area (Å²) in [5.74, 6) is 0. The second-order valence-electron chi connectivity index (χ2n) is 19.2. The molecule has 0 spiro atoms. The van der Waals surface area contributed by atoms with Crippen molar-refractivity contribution in [3.63, 3.8) is 0 Å². The predicted octanol–water partition coefficient (Wildman–Crippen LogP) is 21.2. The highest BCUT2D eigenvalue weighted by molar-refractivity contribution is 6.28. The van der Waals surface area contributed by atoms with E-state index in [1.165, 1.54) is 65.3 Å². The van der Waals surface area contributed by atoms with Gasteiger partial charge in [-0.05, 0) is 150 Å². The molecule has 0 amide bonds. The van der Waals surface area contributed by atoms with Gasteiger partial charge in [0.15, 0.2) is 0 Å². The fraction of sp³-hybridized carbons (Fsp3) is 0. The van der Waals surface area contributed by atoms with E-state index in [2.05, 4.69) is 146 Å². The van der Waals surface area contributed by atoms with Crippen LogP contribution in [0.3, 0.4) is 0 Å². The van der Waals surface area contributed by atoms with Crippen molar-refractivity contribution in [2.24, 2.45) is 0 Å². The average molecular weight is 959 g/mol. The number of furan rings is 1. The Kier molecular flexibility index (Phi) is 8.22. The van der Waals surface area contributed by atoms with Gasteiger partial charge in [-0.3, -0.25) is 0 Å². The summed E-state index contributed by atoms with van der Waals surface area (Å²) in [6.07, 6.45) is 0. The van der Waals surface area contributed by atoms with Gasteiger partial charge in [-0.1, -0.05) is 255 Å². The van der Waals surface area contributed by atoms with Crippen molar-refractivity contribution < 1.29 is 15.4 Å². The van der Waals surface area contributed by atoms with Crippen molar-refractivity contribution >= 4 is 108 Å². The van der Waals surface area contributed by atoms with Gasteiger partial charge < -0.3 is 4.42 Å². The Balaban J connectivity index is 0.000000142. The molecule has 0 aliphatic rings. The van der Waals surface area contributed by atoms with Crippen LogP contribution in [0.25, 0.3) is 153 Å². The molecule has 1 heterocycles. The Morgan fingerprint density at radius 1 is 0.253 bits per heavy atom. The molecule has 0 N–H and O–H groups in total. The molecular weight excluding hydrogens is 905 g/mol. The van der Waals surface area contributed by atoms with E-state index in [1.54, 1.807) is 0 Å². The smallest absolute Gasteiger partial charge is 0.143 e. The van der Waals surface area contributed by atoms with Crippen LogP contribution >= 0.6 is 0 Å². The fourth-order valence-corrected chi connectivity index (χ4v) is 11.8. The Morgan fingerprint density at radius 2 is 0.640 bits per heavy atom. The van der Waals surface area contributed by atoms with E-state index >= 15 is 0 Å². The van der Waals surface area contributed by atoms with Gasteiger partial charge in [0.1, 0.15) is 11.2 Å². The summed E-state index contributed by atoms with van der Waals surface area (Å²) in [7, 11) is 0. The van der Waals surface area contributed by atoms with E-state index in [0.717, 1.165) is 43.5 Å². The molecule has 0 bridgehead atoms. The standard InChI is InChI=1S/C40H24O.C34H22/c1-2-12-27-24-28(21-20-25(27)10-1)37-30-14-5-7-16-32(30)38(33-17-8-6-15-31(33)37)34-18-9-19-36-39(34)35-23-22-26-11-3-4-13-29(26)40(35)41-36;1-2-12-25-22-26(21-20-23(25)10-1)33-29-15-5-7-17-31(29)34(32-18-8-6-16-30(32)33)28-19-9-13-24-11-3-4-14-27(24)28/h1-24H;1-22H/i;5D,6D,7D,8D,15D,16D,17D,18D. The molecule has 1 heteroatoms. The Morgan fingerprint density at radius 3 is 1.21 bits per heavy atom. The third-order valence-electron chi connectivity index (χ3n) is 15.1. The number of hydrogen-bond acceptors (Lipinski definition) is 1. The topological polar surface area (TPSA) is 13.1 Å². The van der Waals surface area contributed by atoms with Crippen LogP contribution in [0, 0.1) is 0 Å². The van der Waals surface area contributed by atoms with E-state index in [1.807, 2.05) is 84.9 Å². The molecule has 348 valence electrons. The lowest BCUT2D eigenvalue weighted by molar-refractivity contribution is 0.673. The van der Waals surface area contributed by atoms with Crippen LogP contribution in [0.15, 0.2) is 283 Å². The highest BCUT2D eigenvalue weighted by atomic mass is 16.3. The summed E-state index contributed by atoms with van der Waals surface area (Å²) >= 11 is 0. The van der Waals surface area contributed by atoms with Crippen molar-refractivity contribution in [1.82, 2.24) is 0 Å². The molecule has 0 aliphatic carbocycles. The summed E-state index contributed by atoms with van der Waals surface area (Å²) in [6, 6.07) is 76.6. The predicted molar refractivity (Wildman–Crippen MR) is 322 cm³/mol. The minimum absolute atomic E-state index is 0.219. The zero-order valence-corrected chi connectivity index (χ0v) is 40.3. The molecule has 16 rings (SSSR count). The highest BCUT2D eigenvalue weighted by Gasteiger charge is 2.22.